The molecule has 0 N–H and O–H groups in total. The Bertz CT molecular complexity index is 3640. The van der Waals surface area contributed by atoms with Crippen molar-refractivity contribution >= 4 is 88.9 Å². The van der Waals surface area contributed by atoms with Gasteiger partial charge in [-0.1, -0.05) is 165 Å². The molecular formula is C61H51BN2OS. The fourth-order valence-electron chi connectivity index (χ4n) is 11.5. The van der Waals surface area contributed by atoms with Crippen molar-refractivity contribution in [3.63, 3.8) is 0 Å². The van der Waals surface area contributed by atoms with E-state index in [2.05, 4.69) is 229 Å². The first-order valence-corrected chi connectivity index (χ1v) is 24.3. The second-order valence-corrected chi connectivity index (χ2v) is 22.4. The van der Waals surface area contributed by atoms with Gasteiger partial charge < -0.3 is 14.1 Å². The summed E-state index contributed by atoms with van der Waals surface area (Å²) < 4.78 is 9.80. The number of anilines is 5. The molecule has 13 rings (SSSR count). The van der Waals surface area contributed by atoms with Crippen molar-refractivity contribution in [2.45, 2.75) is 71.6 Å². The van der Waals surface area contributed by atoms with E-state index in [0.717, 1.165) is 33.3 Å². The Morgan fingerprint density at radius 1 is 0.515 bits per heavy atom. The molecule has 0 bridgehead atoms. The Labute approximate surface area is 392 Å². The smallest absolute Gasteiger partial charge is 0.343 e. The average Bonchev–Trinajstić information content (AvgIpc) is 3.96. The number of rotatable bonds is 3. The minimum atomic E-state index is -0.169. The molecule has 3 nitrogen and oxygen atoms in total. The van der Waals surface area contributed by atoms with Crippen molar-refractivity contribution in [2.24, 2.45) is 0 Å². The van der Waals surface area contributed by atoms with Gasteiger partial charge in [-0.2, -0.15) is 0 Å². The van der Waals surface area contributed by atoms with Crippen molar-refractivity contribution in [2.75, 3.05) is 9.71 Å². The van der Waals surface area contributed by atoms with E-state index in [1.165, 1.54) is 93.0 Å². The third kappa shape index (κ3) is 5.56. The molecule has 8 aromatic carbocycles. The van der Waals surface area contributed by atoms with Gasteiger partial charge in [-0.3, -0.25) is 0 Å². The van der Waals surface area contributed by atoms with Gasteiger partial charge in [0.15, 0.2) is 5.58 Å². The molecule has 0 saturated heterocycles. The van der Waals surface area contributed by atoms with Crippen LogP contribution in [0.25, 0.3) is 65.4 Å². The third-order valence-corrected chi connectivity index (χ3v) is 16.2. The Morgan fingerprint density at radius 3 is 1.91 bits per heavy atom. The zero-order valence-electron chi connectivity index (χ0n) is 38.9. The van der Waals surface area contributed by atoms with E-state index in [1.807, 2.05) is 11.3 Å². The summed E-state index contributed by atoms with van der Waals surface area (Å²) >= 11 is 1.95. The van der Waals surface area contributed by atoms with Crippen LogP contribution in [0.5, 0.6) is 0 Å². The molecule has 0 saturated carbocycles. The first-order chi connectivity index (χ1) is 31.8. The lowest BCUT2D eigenvalue weighted by Gasteiger charge is -2.45. The van der Waals surface area contributed by atoms with Gasteiger partial charge in [0.25, 0.3) is 0 Å². The van der Waals surface area contributed by atoms with E-state index in [1.54, 1.807) is 0 Å². The molecule has 0 unspecified atom stereocenters. The average molecular weight is 871 g/mol. The fraction of sp³-hybridized carbons (Fsp3) is 0.180. The predicted molar refractivity (Wildman–Crippen MR) is 283 cm³/mol. The van der Waals surface area contributed by atoms with Gasteiger partial charge in [0, 0.05) is 53.7 Å². The quantitative estimate of drug-likeness (QED) is 0.165. The van der Waals surface area contributed by atoms with Crippen molar-refractivity contribution < 1.29 is 4.42 Å². The zero-order valence-corrected chi connectivity index (χ0v) is 39.7. The van der Waals surface area contributed by atoms with Crippen LogP contribution >= 0.6 is 11.3 Å². The molecule has 10 aromatic rings. The maximum atomic E-state index is 7.21. The van der Waals surface area contributed by atoms with Crippen LogP contribution in [0.1, 0.15) is 77.6 Å². The molecule has 4 heterocycles. The monoisotopic (exact) mass is 870 g/mol. The minimum absolute atomic E-state index is 0.0116. The number of hydrogen-bond donors (Lipinski definition) is 0. The van der Waals surface area contributed by atoms with E-state index in [4.69, 9.17) is 4.42 Å². The van der Waals surface area contributed by atoms with Crippen LogP contribution in [0.3, 0.4) is 0 Å². The van der Waals surface area contributed by atoms with Crippen LogP contribution in [-0.2, 0) is 16.2 Å². The van der Waals surface area contributed by atoms with Crippen LogP contribution in [0.4, 0.5) is 28.4 Å². The summed E-state index contributed by atoms with van der Waals surface area (Å²) in [6.45, 7) is 18.5. The molecule has 5 heteroatoms. The van der Waals surface area contributed by atoms with Gasteiger partial charge in [0.2, 0.25) is 0 Å². The minimum Gasteiger partial charge on any atom is -0.454 e. The summed E-state index contributed by atoms with van der Waals surface area (Å²) in [5, 5.41) is 3.52. The van der Waals surface area contributed by atoms with E-state index in [9.17, 15) is 0 Å². The molecule has 320 valence electrons. The van der Waals surface area contributed by atoms with Crippen LogP contribution in [0.2, 0.25) is 0 Å². The lowest BCUT2D eigenvalue weighted by atomic mass is 9.46. The number of furan rings is 1. The molecule has 2 aliphatic heterocycles. The first kappa shape index (κ1) is 39.5. The normalized spacial score (nSPS) is 14.7. The maximum absolute atomic E-state index is 7.21. The highest BCUT2D eigenvalue weighted by Gasteiger charge is 2.50. The van der Waals surface area contributed by atoms with E-state index in [-0.39, 0.29) is 23.1 Å². The second kappa shape index (κ2) is 13.6. The van der Waals surface area contributed by atoms with Gasteiger partial charge >= 0.3 is 6.85 Å². The van der Waals surface area contributed by atoms with Crippen LogP contribution in [-0.4, -0.2) is 6.85 Å². The lowest BCUT2D eigenvalue weighted by Crippen LogP contribution is -2.60. The molecule has 0 fully saturated rings. The maximum Gasteiger partial charge on any atom is 0.343 e. The molecule has 3 aliphatic rings. The second-order valence-electron chi connectivity index (χ2n) is 21.3. The molecule has 0 spiro atoms. The van der Waals surface area contributed by atoms with Gasteiger partial charge in [-0.25, -0.2) is 0 Å². The first-order valence-electron chi connectivity index (χ1n) is 23.4. The highest BCUT2D eigenvalue weighted by molar-refractivity contribution is 7.32. The molecule has 0 radical (unpaired) electrons. The Morgan fingerprint density at radius 2 is 1.18 bits per heavy atom. The third-order valence-electron chi connectivity index (χ3n) is 15.0. The Kier molecular flexibility index (Phi) is 8.16. The van der Waals surface area contributed by atoms with Gasteiger partial charge in [-0.15, -0.1) is 11.3 Å². The molecule has 1 aliphatic carbocycles. The highest BCUT2D eigenvalue weighted by atomic mass is 32.1. The fourth-order valence-corrected chi connectivity index (χ4v) is 12.8. The van der Waals surface area contributed by atoms with Crippen molar-refractivity contribution in [1.82, 2.24) is 0 Å². The zero-order chi connectivity index (χ0) is 45.0. The predicted octanol–water partition coefficient (Wildman–Crippen LogP) is 16.1. The van der Waals surface area contributed by atoms with Crippen LogP contribution in [0, 0.1) is 0 Å². The Hall–Kier alpha value is -6.82. The van der Waals surface area contributed by atoms with Crippen LogP contribution in [0.15, 0.2) is 168 Å². The number of thiophene rings is 1. The van der Waals surface area contributed by atoms with Gasteiger partial charge in [0.1, 0.15) is 5.58 Å². The molecular weight excluding hydrogens is 820 g/mol. The summed E-state index contributed by atoms with van der Waals surface area (Å²) in [7, 11) is 0. The van der Waals surface area contributed by atoms with Crippen molar-refractivity contribution in [1.29, 1.82) is 0 Å². The summed E-state index contributed by atoms with van der Waals surface area (Å²) in [6.07, 6.45) is 0. The summed E-state index contributed by atoms with van der Waals surface area (Å²) in [5.41, 5.74) is 21.9. The number of nitrogens with zero attached hydrogens (tertiary/aromatic N) is 2. The van der Waals surface area contributed by atoms with Crippen LogP contribution < -0.4 is 20.0 Å². The highest BCUT2D eigenvalue weighted by Crippen LogP contribution is 2.57. The van der Waals surface area contributed by atoms with E-state index < -0.39 is 0 Å². The number of para-hydroxylation sites is 1. The van der Waals surface area contributed by atoms with Crippen molar-refractivity contribution in [3.05, 3.63) is 186 Å². The molecule has 66 heavy (non-hydrogen) atoms. The van der Waals surface area contributed by atoms with E-state index >= 15 is 0 Å². The number of hydrogen-bond acceptors (Lipinski definition) is 4. The Balaban J connectivity index is 1.19. The lowest BCUT2D eigenvalue weighted by molar-refractivity contribution is 0.590. The standard InChI is InChI=1S/C61H51BN2OS/c1-59(2,3)38-23-27-40(28-24-38)63-55-44-31-22-37(36-16-10-9-11-17-36)32-53(44)66-58(55)62-54-47(34-48-43-19-13-15-21-52(43)65-57(48)56(54)63)46-33-45-42-18-12-14-20-49(42)61(7,8)50(45)35-51(46)64(62)41-29-25-39(26-30-41)60(4,5)6/h9-35H,1-8H3. The number of fused-ring (bicyclic) bond motifs is 13. The topological polar surface area (TPSA) is 19.6 Å². The number of benzene rings is 8. The molecule has 2 aromatic heterocycles. The molecule has 0 atom stereocenters. The summed E-state index contributed by atoms with van der Waals surface area (Å²) in [6, 6.07) is 61.9. The molecule has 0 amide bonds. The summed E-state index contributed by atoms with van der Waals surface area (Å²) in [4.78, 5) is 5.26. The van der Waals surface area contributed by atoms with Crippen molar-refractivity contribution in [3.8, 4) is 33.4 Å². The van der Waals surface area contributed by atoms with Gasteiger partial charge in [-0.05, 0) is 121 Å². The largest absolute Gasteiger partial charge is 0.454 e. The van der Waals surface area contributed by atoms with E-state index in [0.29, 0.717) is 0 Å². The van der Waals surface area contributed by atoms with Gasteiger partial charge in [0.05, 0.1) is 11.4 Å². The SMILES string of the molecule is CC(C)(C)c1ccc(N2B3c4sc5cc(-c6ccccc6)ccc5c4N(c4ccc(C(C)(C)C)cc4)c4c3c(cc3c4oc4ccccc43)-c3cc4c(cc32)C(C)(C)c2ccccc2-4)cc1. The summed E-state index contributed by atoms with van der Waals surface area (Å²) in [5.74, 6) is 0.